The van der Waals surface area contributed by atoms with Crippen LogP contribution in [0.5, 0.6) is 0 Å². The molecule has 0 spiro atoms. The maximum Gasteiger partial charge on any atom is 0.269 e. The molecule has 0 N–H and O–H groups in total. The van der Waals surface area contributed by atoms with Gasteiger partial charge in [-0.25, -0.2) is 8.42 Å². The van der Waals surface area contributed by atoms with Crippen molar-refractivity contribution in [2.24, 2.45) is 0 Å². The standard InChI is InChI=1S/C16H11NO4S/c18-17(19)13-8-10-14(11-9-13)22(20,21)16-7-3-5-12-4-1-2-6-15(12)16/h1-11H. The molecule has 3 aromatic carbocycles. The van der Waals surface area contributed by atoms with E-state index in [1.54, 1.807) is 24.3 Å². The molecule has 0 aliphatic rings. The highest BCUT2D eigenvalue weighted by molar-refractivity contribution is 7.91. The highest BCUT2D eigenvalue weighted by Crippen LogP contribution is 2.29. The van der Waals surface area contributed by atoms with Crippen LogP contribution in [0.2, 0.25) is 0 Å². The molecule has 0 fully saturated rings. The Hall–Kier alpha value is -2.73. The summed E-state index contributed by atoms with van der Waals surface area (Å²) in [5, 5.41) is 12.1. The summed E-state index contributed by atoms with van der Waals surface area (Å²) in [4.78, 5) is 10.3. The first-order valence-electron chi connectivity index (χ1n) is 6.47. The summed E-state index contributed by atoms with van der Waals surface area (Å²) in [6.07, 6.45) is 0. The van der Waals surface area contributed by atoms with Crippen molar-refractivity contribution < 1.29 is 13.3 Å². The van der Waals surface area contributed by atoms with Gasteiger partial charge in [-0.1, -0.05) is 36.4 Å². The number of non-ortho nitro benzene ring substituents is 1. The van der Waals surface area contributed by atoms with Gasteiger partial charge >= 0.3 is 0 Å². The van der Waals surface area contributed by atoms with Gasteiger partial charge in [0.1, 0.15) is 0 Å². The van der Waals surface area contributed by atoms with Crippen LogP contribution in [0.25, 0.3) is 10.8 Å². The molecule has 0 saturated heterocycles. The van der Waals surface area contributed by atoms with Crippen molar-refractivity contribution >= 4 is 26.3 Å². The maximum absolute atomic E-state index is 12.8. The van der Waals surface area contributed by atoms with Crippen molar-refractivity contribution in [1.82, 2.24) is 0 Å². The number of sulfone groups is 1. The number of nitro benzene ring substituents is 1. The third-order valence-electron chi connectivity index (χ3n) is 3.40. The number of nitrogens with zero attached hydrogens (tertiary/aromatic N) is 1. The topological polar surface area (TPSA) is 77.3 Å². The van der Waals surface area contributed by atoms with E-state index in [2.05, 4.69) is 0 Å². The fourth-order valence-electron chi connectivity index (χ4n) is 2.30. The highest BCUT2D eigenvalue weighted by Gasteiger charge is 2.20. The van der Waals surface area contributed by atoms with Gasteiger partial charge < -0.3 is 0 Å². The van der Waals surface area contributed by atoms with Gasteiger partial charge in [0.2, 0.25) is 9.84 Å². The highest BCUT2D eigenvalue weighted by atomic mass is 32.2. The predicted molar refractivity (Wildman–Crippen MR) is 82.5 cm³/mol. The molecule has 0 atom stereocenters. The van der Waals surface area contributed by atoms with Crippen LogP contribution in [0.15, 0.2) is 76.5 Å². The van der Waals surface area contributed by atoms with E-state index in [-0.39, 0.29) is 15.5 Å². The van der Waals surface area contributed by atoms with Crippen LogP contribution in [-0.4, -0.2) is 13.3 Å². The smallest absolute Gasteiger partial charge is 0.258 e. The van der Waals surface area contributed by atoms with Crippen molar-refractivity contribution in [3.63, 3.8) is 0 Å². The second kappa shape index (κ2) is 5.23. The van der Waals surface area contributed by atoms with Crippen molar-refractivity contribution in [2.75, 3.05) is 0 Å². The van der Waals surface area contributed by atoms with E-state index in [9.17, 15) is 18.5 Å². The molecule has 0 aromatic heterocycles. The molecule has 6 heteroatoms. The fourth-order valence-corrected chi connectivity index (χ4v) is 3.79. The number of nitro groups is 1. The Morgan fingerprint density at radius 1 is 0.818 bits per heavy atom. The Morgan fingerprint density at radius 3 is 2.14 bits per heavy atom. The average Bonchev–Trinajstić information content (AvgIpc) is 2.54. The van der Waals surface area contributed by atoms with E-state index in [4.69, 9.17) is 0 Å². The number of hydrogen-bond donors (Lipinski definition) is 0. The average molecular weight is 313 g/mol. The normalized spacial score (nSPS) is 11.5. The predicted octanol–water partition coefficient (Wildman–Crippen LogP) is 3.58. The van der Waals surface area contributed by atoms with E-state index in [0.29, 0.717) is 5.39 Å². The zero-order valence-electron chi connectivity index (χ0n) is 11.3. The van der Waals surface area contributed by atoms with E-state index in [1.165, 1.54) is 24.3 Å². The summed E-state index contributed by atoms with van der Waals surface area (Å²) in [7, 11) is -3.73. The zero-order chi connectivity index (χ0) is 15.7. The van der Waals surface area contributed by atoms with Crippen LogP contribution in [0.4, 0.5) is 5.69 Å². The fraction of sp³-hybridized carbons (Fsp3) is 0. The van der Waals surface area contributed by atoms with Crippen LogP contribution in [0.3, 0.4) is 0 Å². The summed E-state index contributed by atoms with van der Waals surface area (Å²) in [6.45, 7) is 0. The van der Waals surface area contributed by atoms with Crippen molar-refractivity contribution in [3.05, 3.63) is 76.8 Å². The van der Waals surface area contributed by atoms with Gasteiger partial charge in [-0.05, 0) is 23.6 Å². The molecule has 0 saturated carbocycles. The molecule has 22 heavy (non-hydrogen) atoms. The Balaban J connectivity index is 2.18. The molecule has 3 aromatic rings. The van der Waals surface area contributed by atoms with E-state index in [1.807, 2.05) is 18.2 Å². The molecule has 0 radical (unpaired) electrons. The molecule has 0 aliphatic carbocycles. The van der Waals surface area contributed by atoms with Crippen molar-refractivity contribution in [1.29, 1.82) is 0 Å². The van der Waals surface area contributed by atoms with Crippen LogP contribution in [0.1, 0.15) is 0 Å². The molecule has 5 nitrogen and oxygen atoms in total. The Bertz CT molecular complexity index is 958. The van der Waals surface area contributed by atoms with Gasteiger partial charge in [0.05, 0.1) is 14.7 Å². The van der Waals surface area contributed by atoms with Gasteiger partial charge in [0, 0.05) is 17.5 Å². The summed E-state index contributed by atoms with van der Waals surface area (Å²) >= 11 is 0. The second-order valence-corrected chi connectivity index (χ2v) is 6.65. The van der Waals surface area contributed by atoms with Crippen LogP contribution < -0.4 is 0 Å². The lowest BCUT2D eigenvalue weighted by molar-refractivity contribution is -0.384. The Kier molecular flexibility index (Phi) is 3.38. The molecule has 0 aliphatic heterocycles. The lowest BCUT2D eigenvalue weighted by atomic mass is 10.1. The molecule has 0 amide bonds. The van der Waals surface area contributed by atoms with Crippen LogP contribution in [0, 0.1) is 10.1 Å². The largest absolute Gasteiger partial charge is 0.269 e. The maximum atomic E-state index is 12.8. The second-order valence-electron chi connectivity index (χ2n) is 4.73. The van der Waals surface area contributed by atoms with Gasteiger partial charge in [0.25, 0.3) is 5.69 Å². The molecule has 0 unspecified atom stereocenters. The lowest BCUT2D eigenvalue weighted by Gasteiger charge is -2.08. The number of rotatable bonds is 3. The van der Waals surface area contributed by atoms with E-state index < -0.39 is 14.8 Å². The van der Waals surface area contributed by atoms with Crippen molar-refractivity contribution in [2.45, 2.75) is 9.79 Å². The number of benzene rings is 3. The number of hydrogen-bond acceptors (Lipinski definition) is 4. The van der Waals surface area contributed by atoms with Gasteiger partial charge in [-0.3, -0.25) is 10.1 Å². The first kappa shape index (κ1) is 14.2. The molecule has 3 rings (SSSR count). The number of fused-ring (bicyclic) bond motifs is 1. The SMILES string of the molecule is O=[N+]([O-])c1ccc(S(=O)(=O)c2cccc3ccccc23)cc1. The van der Waals surface area contributed by atoms with Crippen LogP contribution in [-0.2, 0) is 9.84 Å². The first-order chi connectivity index (χ1) is 10.5. The Labute approximate surface area is 126 Å². The third-order valence-corrected chi connectivity index (χ3v) is 5.22. The summed E-state index contributed by atoms with van der Waals surface area (Å²) in [5.74, 6) is 0. The molecular weight excluding hydrogens is 302 g/mol. The lowest BCUT2D eigenvalue weighted by Crippen LogP contribution is -2.03. The zero-order valence-corrected chi connectivity index (χ0v) is 12.2. The quantitative estimate of drug-likeness (QED) is 0.547. The minimum Gasteiger partial charge on any atom is -0.258 e. The molecule has 0 bridgehead atoms. The minimum absolute atomic E-state index is 0.0365. The van der Waals surface area contributed by atoms with Gasteiger partial charge in [0.15, 0.2) is 0 Å². The van der Waals surface area contributed by atoms with E-state index >= 15 is 0 Å². The minimum atomic E-state index is -3.73. The molecule has 110 valence electrons. The molecule has 0 heterocycles. The summed E-state index contributed by atoms with van der Waals surface area (Å²) in [5.41, 5.74) is -0.142. The third kappa shape index (κ3) is 2.33. The first-order valence-corrected chi connectivity index (χ1v) is 7.96. The summed E-state index contributed by atoms with van der Waals surface area (Å²) < 4.78 is 25.5. The van der Waals surface area contributed by atoms with Gasteiger partial charge in [-0.15, -0.1) is 0 Å². The van der Waals surface area contributed by atoms with Crippen molar-refractivity contribution in [3.8, 4) is 0 Å². The van der Waals surface area contributed by atoms with Gasteiger partial charge in [-0.2, -0.15) is 0 Å². The summed E-state index contributed by atoms with van der Waals surface area (Å²) in [6, 6.07) is 17.2. The Morgan fingerprint density at radius 2 is 1.45 bits per heavy atom. The van der Waals surface area contributed by atoms with E-state index in [0.717, 1.165) is 5.39 Å². The van der Waals surface area contributed by atoms with Crippen LogP contribution >= 0.6 is 0 Å². The monoisotopic (exact) mass is 313 g/mol. The molecular formula is C16H11NO4S.